The molecule has 1 aromatic carbocycles. The Hall–Kier alpha value is -1.41. The molecule has 0 saturated carbocycles. The predicted molar refractivity (Wildman–Crippen MR) is 79.8 cm³/mol. The van der Waals surface area contributed by atoms with E-state index in [1.165, 1.54) is 12.4 Å². The van der Waals surface area contributed by atoms with Gasteiger partial charge in [-0.1, -0.05) is 6.92 Å². The van der Waals surface area contributed by atoms with E-state index in [4.69, 9.17) is 5.73 Å². The average molecular weight is 359 g/mol. The van der Waals surface area contributed by atoms with Crippen LogP contribution in [0.25, 0.3) is 0 Å². The molecule has 0 atom stereocenters. The number of hydrogen-bond donors (Lipinski definition) is 1. The molecule has 2 N–H and O–H groups in total. The minimum atomic E-state index is -3.50. The molecule has 0 aliphatic rings. The van der Waals surface area contributed by atoms with E-state index in [2.05, 4.69) is 26.0 Å². The third-order valence-corrected chi connectivity index (χ3v) is 5.32. The number of halogens is 1. The van der Waals surface area contributed by atoms with Gasteiger partial charge in [-0.2, -0.15) is 5.10 Å². The lowest BCUT2D eigenvalue weighted by atomic mass is 10.3. The first-order valence-electron chi connectivity index (χ1n) is 6.08. The monoisotopic (exact) mass is 358 g/mol. The molecule has 0 spiro atoms. The van der Waals surface area contributed by atoms with Crippen LogP contribution < -0.4 is 5.73 Å². The van der Waals surface area contributed by atoms with E-state index in [1.54, 1.807) is 16.8 Å². The van der Waals surface area contributed by atoms with Gasteiger partial charge in [0.2, 0.25) is 0 Å². The van der Waals surface area contributed by atoms with Crippen molar-refractivity contribution in [3.63, 3.8) is 0 Å². The second-order valence-electron chi connectivity index (χ2n) is 4.35. The van der Waals surface area contributed by atoms with Gasteiger partial charge in [0.25, 0.3) is 0 Å². The Morgan fingerprint density at radius 1 is 1.40 bits per heavy atom. The minimum Gasteiger partial charge on any atom is -0.399 e. The lowest BCUT2D eigenvalue weighted by molar-refractivity contribution is 0.566. The number of sulfone groups is 1. The highest BCUT2D eigenvalue weighted by Gasteiger charge is 2.21. The van der Waals surface area contributed by atoms with E-state index < -0.39 is 9.84 Å². The van der Waals surface area contributed by atoms with Gasteiger partial charge in [0.1, 0.15) is 17.9 Å². The largest absolute Gasteiger partial charge is 0.399 e. The summed E-state index contributed by atoms with van der Waals surface area (Å²) in [5.41, 5.74) is 6.12. The zero-order valence-corrected chi connectivity index (χ0v) is 13.4. The summed E-state index contributed by atoms with van der Waals surface area (Å²) in [6.07, 6.45) is 2.24. The van der Waals surface area contributed by atoms with Crippen LogP contribution in [0.2, 0.25) is 0 Å². The summed E-state index contributed by atoms with van der Waals surface area (Å²) in [6.45, 7) is 2.64. The number of nitrogens with two attached hydrogens (primary N) is 1. The molecule has 8 heteroatoms. The highest BCUT2D eigenvalue weighted by Crippen LogP contribution is 2.26. The molecule has 2 aromatic rings. The Labute approximate surface area is 126 Å². The fraction of sp³-hybridized carbons (Fsp3) is 0.333. The van der Waals surface area contributed by atoms with Crippen molar-refractivity contribution in [3.05, 3.63) is 34.8 Å². The lowest BCUT2D eigenvalue weighted by Gasteiger charge is -2.08. The van der Waals surface area contributed by atoms with E-state index in [9.17, 15) is 8.42 Å². The van der Waals surface area contributed by atoms with E-state index >= 15 is 0 Å². The van der Waals surface area contributed by atoms with Gasteiger partial charge >= 0.3 is 0 Å². The number of benzene rings is 1. The van der Waals surface area contributed by atoms with Crippen molar-refractivity contribution < 1.29 is 8.42 Å². The summed E-state index contributed by atoms with van der Waals surface area (Å²) in [5, 5.41) is 4.03. The first kappa shape index (κ1) is 15.0. The van der Waals surface area contributed by atoms with Crippen molar-refractivity contribution in [1.82, 2.24) is 14.8 Å². The van der Waals surface area contributed by atoms with Crippen LogP contribution in [-0.4, -0.2) is 23.2 Å². The van der Waals surface area contributed by atoms with Gasteiger partial charge in [-0.3, -0.25) is 0 Å². The normalized spacial score (nSPS) is 11.7. The Balaban J connectivity index is 2.33. The van der Waals surface area contributed by atoms with Crippen LogP contribution in [-0.2, 0) is 22.1 Å². The number of aromatic nitrogens is 3. The molecule has 0 unspecified atom stereocenters. The number of nitrogen functional groups attached to an aromatic ring is 1. The summed E-state index contributed by atoms with van der Waals surface area (Å²) in [6, 6.07) is 4.63. The maximum absolute atomic E-state index is 12.4. The summed E-state index contributed by atoms with van der Waals surface area (Å²) in [7, 11) is -3.50. The van der Waals surface area contributed by atoms with E-state index in [-0.39, 0.29) is 10.6 Å². The van der Waals surface area contributed by atoms with Gasteiger partial charge in [0.15, 0.2) is 9.84 Å². The highest BCUT2D eigenvalue weighted by molar-refractivity contribution is 9.10. The Morgan fingerprint density at radius 2 is 2.15 bits per heavy atom. The standard InChI is InChI=1S/C12H15BrN4O2S/c1-2-5-17-12(15-8-16-17)7-20(18,19)11-4-3-9(14)6-10(11)13/h3-4,6,8H,2,5,7,14H2,1H3. The van der Waals surface area contributed by atoms with Gasteiger partial charge in [0, 0.05) is 16.7 Å². The molecule has 0 saturated heterocycles. The second-order valence-corrected chi connectivity index (χ2v) is 7.16. The summed E-state index contributed by atoms with van der Waals surface area (Å²) >= 11 is 3.23. The van der Waals surface area contributed by atoms with Crippen LogP contribution in [0.4, 0.5) is 5.69 Å². The number of hydrogen-bond acceptors (Lipinski definition) is 5. The molecular weight excluding hydrogens is 344 g/mol. The lowest BCUT2D eigenvalue weighted by Crippen LogP contribution is -2.12. The smallest absolute Gasteiger partial charge is 0.186 e. The summed E-state index contributed by atoms with van der Waals surface area (Å²) < 4.78 is 26.9. The fourth-order valence-electron chi connectivity index (χ4n) is 1.82. The van der Waals surface area contributed by atoms with Crippen LogP contribution in [0.3, 0.4) is 0 Å². The Kier molecular flexibility index (Phi) is 4.44. The van der Waals surface area contributed by atoms with Crippen molar-refractivity contribution in [1.29, 1.82) is 0 Å². The third-order valence-electron chi connectivity index (χ3n) is 2.74. The van der Waals surface area contributed by atoms with Crippen molar-refractivity contribution >= 4 is 31.5 Å². The molecule has 108 valence electrons. The van der Waals surface area contributed by atoms with Crippen LogP contribution in [0, 0.1) is 0 Å². The second kappa shape index (κ2) is 5.92. The molecule has 2 rings (SSSR count). The maximum Gasteiger partial charge on any atom is 0.186 e. The zero-order chi connectivity index (χ0) is 14.8. The van der Waals surface area contributed by atoms with Crippen LogP contribution in [0.1, 0.15) is 19.2 Å². The highest BCUT2D eigenvalue weighted by atomic mass is 79.9. The molecule has 20 heavy (non-hydrogen) atoms. The zero-order valence-electron chi connectivity index (χ0n) is 11.0. The van der Waals surface area contributed by atoms with Gasteiger partial charge in [-0.05, 0) is 40.5 Å². The maximum atomic E-state index is 12.4. The molecule has 0 aliphatic heterocycles. The van der Waals surface area contributed by atoms with E-state index in [1.807, 2.05) is 6.92 Å². The first-order chi connectivity index (χ1) is 9.44. The van der Waals surface area contributed by atoms with E-state index in [0.29, 0.717) is 22.5 Å². The quantitative estimate of drug-likeness (QED) is 0.825. The van der Waals surface area contributed by atoms with Crippen LogP contribution >= 0.6 is 15.9 Å². The minimum absolute atomic E-state index is 0.185. The Morgan fingerprint density at radius 3 is 2.80 bits per heavy atom. The summed E-state index contributed by atoms with van der Waals surface area (Å²) in [4.78, 5) is 4.23. The number of anilines is 1. The third kappa shape index (κ3) is 3.18. The predicted octanol–water partition coefficient (Wildman–Crippen LogP) is 2.01. The molecule has 0 bridgehead atoms. The van der Waals surface area contributed by atoms with Crippen molar-refractivity contribution in [2.75, 3.05) is 5.73 Å². The van der Waals surface area contributed by atoms with Crippen LogP contribution in [0.5, 0.6) is 0 Å². The van der Waals surface area contributed by atoms with Gasteiger partial charge in [-0.25, -0.2) is 18.1 Å². The molecule has 0 aliphatic carbocycles. The first-order valence-corrected chi connectivity index (χ1v) is 8.53. The average Bonchev–Trinajstić information content (AvgIpc) is 2.76. The van der Waals surface area contributed by atoms with Crippen molar-refractivity contribution in [3.8, 4) is 0 Å². The topological polar surface area (TPSA) is 90.9 Å². The number of rotatable bonds is 5. The summed E-state index contributed by atoms with van der Waals surface area (Å²) in [5.74, 6) is 0.255. The van der Waals surface area contributed by atoms with Gasteiger partial charge < -0.3 is 5.73 Å². The number of nitrogens with zero attached hydrogens (tertiary/aromatic N) is 3. The number of aryl methyl sites for hydroxylation is 1. The molecular formula is C12H15BrN4O2S. The molecule has 1 aromatic heterocycles. The molecule has 1 heterocycles. The molecule has 0 radical (unpaired) electrons. The van der Waals surface area contributed by atoms with Crippen molar-refractivity contribution in [2.45, 2.75) is 30.5 Å². The van der Waals surface area contributed by atoms with Gasteiger partial charge in [-0.15, -0.1) is 0 Å². The van der Waals surface area contributed by atoms with E-state index in [0.717, 1.165) is 6.42 Å². The fourth-order valence-corrected chi connectivity index (χ4v) is 4.30. The Bertz CT molecular complexity index is 712. The van der Waals surface area contributed by atoms with Crippen LogP contribution in [0.15, 0.2) is 33.9 Å². The molecule has 6 nitrogen and oxygen atoms in total. The molecule has 0 fully saturated rings. The SMILES string of the molecule is CCCn1ncnc1CS(=O)(=O)c1ccc(N)cc1Br. The molecule has 0 amide bonds. The van der Waals surface area contributed by atoms with Gasteiger partial charge in [0.05, 0.1) is 4.90 Å². The van der Waals surface area contributed by atoms with Crippen molar-refractivity contribution in [2.24, 2.45) is 0 Å².